The molecule has 0 aliphatic carbocycles. The molecular formula is C13H10BrCl2FN2. The summed E-state index contributed by atoms with van der Waals surface area (Å²) in [7, 11) is 0. The van der Waals surface area contributed by atoms with E-state index in [-0.39, 0.29) is 5.82 Å². The van der Waals surface area contributed by atoms with Crippen LogP contribution in [0.5, 0.6) is 0 Å². The Morgan fingerprint density at radius 2 is 2.05 bits per heavy atom. The maximum Gasteiger partial charge on any atom is 0.126 e. The van der Waals surface area contributed by atoms with Crippen LogP contribution in [-0.4, -0.2) is 4.98 Å². The molecule has 2 aromatic rings. The first kappa shape index (κ1) is 14.7. The SMILES string of the molecule is NC(Cc1cc(Br)ccc1F)c1ncc(Cl)cc1Cl. The molecule has 0 saturated heterocycles. The van der Waals surface area contributed by atoms with Crippen LogP contribution < -0.4 is 5.73 Å². The van der Waals surface area contributed by atoms with Crippen LogP contribution >= 0.6 is 39.1 Å². The number of benzene rings is 1. The van der Waals surface area contributed by atoms with Crippen LogP contribution in [0, 0.1) is 5.82 Å². The van der Waals surface area contributed by atoms with Gasteiger partial charge in [0.05, 0.1) is 21.8 Å². The zero-order valence-corrected chi connectivity index (χ0v) is 12.8. The van der Waals surface area contributed by atoms with E-state index in [0.29, 0.717) is 27.7 Å². The molecule has 0 saturated carbocycles. The minimum Gasteiger partial charge on any atom is -0.322 e. The third-order valence-corrected chi connectivity index (χ3v) is 3.64. The van der Waals surface area contributed by atoms with Gasteiger partial charge >= 0.3 is 0 Å². The Hall–Kier alpha value is -0.680. The van der Waals surface area contributed by atoms with Crippen molar-refractivity contribution in [2.45, 2.75) is 12.5 Å². The lowest BCUT2D eigenvalue weighted by atomic mass is 10.0. The standard InChI is InChI=1S/C13H10BrCl2FN2/c14-8-1-2-11(17)7(3-8)4-12(18)13-10(16)5-9(15)6-19-13/h1-3,5-6,12H,4,18H2. The van der Waals surface area contributed by atoms with Crippen molar-refractivity contribution in [3.63, 3.8) is 0 Å². The monoisotopic (exact) mass is 362 g/mol. The maximum absolute atomic E-state index is 13.7. The van der Waals surface area contributed by atoms with E-state index in [1.807, 2.05) is 0 Å². The Morgan fingerprint density at radius 3 is 2.74 bits per heavy atom. The summed E-state index contributed by atoms with van der Waals surface area (Å²) in [6.07, 6.45) is 1.78. The molecule has 0 aliphatic heterocycles. The van der Waals surface area contributed by atoms with Gasteiger partial charge in [-0.15, -0.1) is 0 Å². The minimum absolute atomic E-state index is 0.302. The van der Waals surface area contributed by atoms with E-state index in [2.05, 4.69) is 20.9 Å². The summed E-state index contributed by atoms with van der Waals surface area (Å²) in [6, 6.07) is 5.80. The number of pyridine rings is 1. The summed E-state index contributed by atoms with van der Waals surface area (Å²) in [6.45, 7) is 0. The summed E-state index contributed by atoms with van der Waals surface area (Å²) in [5.41, 5.74) is 7.04. The lowest BCUT2D eigenvalue weighted by Gasteiger charge is -2.13. The molecule has 0 bridgehead atoms. The first-order valence-corrected chi connectivity index (χ1v) is 7.02. The van der Waals surface area contributed by atoms with Gasteiger partial charge in [0.25, 0.3) is 0 Å². The molecule has 0 radical (unpaired) electrons. The minimum atomic E-state index is -0.492. The third-order valence-electron chi connectivity index (χ3n) is 2.64. The third kappa shape index (κ3) is 3.66. The van der Waals surface area contributed by atoms with Gasteiger partial charge in [-0.2, -0.15) is 0 Å². The topological polar surface area (TPSA) is 38.9 Å². The van der Waals surface area contributed by atoms with Crippen LogP contribution in [0.3, 0.4) is 0 Å². The zero-order valence-electron chi connectivity index (χ0n) is 9.71. The predicted molar refractivity (Wildman–Crippen MR) is 79.0 cm³/mol. The Balaban J connectivity index is 2.25. The molecular weight excluding hydrogens is 354 g/mol. The molecule has 2 rings (SSSR count). The van der Waals surface area contributed by atoms with Gasteiger partial charge in [0.1, 0.15) is 5.82 Å². The molecule has 1 aromatic carbocycles. The first-order valence-electron chi connectivity index (χ1n) is 5.48. The van der Waals surface area contributed by atoms with Gasteiger partial charge in [-0.25, -0.2) is 4.39 Å². The van der Waals surface area contributed by atoms with Gasteiger partial charge in [-0.1, -0.05) is 39.1 Å². The van der Waals surface area contributed by atoms with Crippen LogP contribution in [0.4, 0.5) is 4.39 Å². The predicted octanol–water partition coefficient (Wildman–Crippen LogP) is 4.53. The van der Waals surface area contributed by atoms with E-state index in [1.165, 1.54) is 12.3 Å². The van der Waals surface area contributed by atoms with Crippen LogP contribution in [0.1, 0.15) is 17.3 Å². The molecule has 6 heteroatoms. The van der Waals surface area contributed by atoms with E-state index in [1.54, 1.807) is 18.2 Å². The lowest BCUT2D eigenvalue weighted by Crippen LogP contribution is -2.16. The van der Waals surface area contributed by atoms with Crippen molar-refractivity contribution >= 4 is 39.1 Å². The highest BCUT2D eigenvalue weighted by Gasteiger charge is 2.15. The zero-order chi connectivity index (χ0) is 14.0. The van der Waals surface area contributed by atoms with Crippen molar-refractivity contribution < 1.29 is 4.39 Å². The fourth-order valence-electron chi connectivity index (χ4n) is 1.73. The molecule has 0 amide bonds. The second kappa shape index (κ2) is 6.18. The smallest absolute Gasteiger partial charge is 0.126 e. The molecule has 2 nitrogen and oxygen atoms in total. The molecule has 1 atom stereocenters. The Morgan fingerprint density at radius 1 is 1.32 bits per heavy atom. The van der Waals surface area contributed by atoms with Crippen molar-refractivity contribution in [3.05, 3.63) is 62.1 Å². The van der Waals surface area contributed by atoms with Crippen molar-refractivity contribution in [1.29, 1.82) is 0 Å². The molecule has 19 heavy (non-hydrogen) atoms. The molecule has 1 unspecified atom stereocenters. The van der Waals surface area contributed by atoms with Gasteiger partial charge in [-0.3, -0.25) is 4.98 Å². The second-order valence-electron chi connectivity index (χ2n) is 4.07. The van der Waals surface area contributed by atoms with E-state index >= 15 is 0 Å². The molecule has 0 fully saturated rings. The summed E-state index contributed by atoms with van der Waals surface area (Å²) in [4.78, 5) is 4.10. The van der Waals surface area contributed by atoms with Gasteiger partial charge in [0.2, 0.25) is 0 Å². The van der Waals surface area contributed by atoms with Gasteiger partial charge < -0.3 is 5.73 Å². The van der Waals surface area contributed by atoms with E-state index in [9.17, 15) is 4.39 Å². The number of halogens is 4. The first-order chi connectivity index (χ1) is 8.97. The van der Waals surface area contributed by atoms with Crippen molar-refractivity contribution in [2.24, 2.45) is 5.73 Å². The van der Waals surface area contributed by atoms with Crippen molar-refractivity contribution in [1.82, 2.24) is 4.98 Å². The van der Waals surface area contributed by atoms with Crippen molar-refractivity contribution in [3.8, 4) is 0 Å². The molecule has 0 spiro atoms. The maximum atomic E-state index is 13.7. The van der Waals surface area contributed by atoms with Gasteiger partial charge in [0, 0.05) is 10.7 Å². The number of aromatic nitrogens is 1. The number of rotatable bonds is 3. The second-order valence-corrected chi connectivity index (χ2v) is 5.83. The summed E-state index contributed by atoms with van der Waals surface area (Å²) < 4.78 is 14.5. The number of hydrogen-bond donors (Lipinski definition) is 1. The summed E-state index contributed by atoms with van der Waals surface area (Å²) in [5, 5.41) is 0.824. The quantitative estimate of drug-likeness (QED) is 0.869. The summed E-state index contributed by atoms with van der Waals surface area (Å²) >= 11 is 15.1. The molecule has 1 heterocycles. The van der Waals surface area contributed by atoms with Gasteiger partial charge in [0.15, 0.2) is 0 Å². The Labute approximate surface area is 128 Å². The van der Waals surface area contributed by atoms with Crippen LogP contribution in [-0.2, 0) is 6.42 Å². The lowest BCUT2D eigenvalue weighted by molar-refractivity contribution is 0.589. The van der Waals surface area contributed by atoms with E-state index in [4.69, 9.17) is 28.9 Å². The van der Waals surface area contributed by atoms with Crippen LogP contribution in [0.25, 0.3) is 0 Å². The van der Waals surface area contributed by atoms with Crippen LogP contribution in [0.15, 0.2) is 34.9 Å². The van der Waals surface area contributed by atoms with E-state index < -0.39 is 6.04 Å². The highest BCUT2D eigenvalue weighted by atomic mass is 79.9. The molecule has 100 valence electrons. The average Bonchev–Trinajstić information content (AvgIpc) is 2.33. The Bertz CT molecular complexity index is 607. The fraction of sp³-hybridized carbons (Fsp3) is 0.154. The fourth-order valence-corrected chi connectivity index (χ4v) is 2.66. The average molecular weight is 364 g/mol. The normalized spacial score (nSPS) is 12.5. The number of nitrogens with zero attached hydrogens (tertiary/aromatic N) is 1. The largest absolute Gasteiger partial charge is 0.322 e. The summed E-state index contributed by atoms with van der Waals surface area (Å²) in [5.74, 6) is -0.302. The van der Waals surface area contributed by atoms with Crippen molar-refractivity contribution in [2.75, 3.05) is 0 Å². The molecule has 1 aromatic heterocycles. The number of hydrogen-bond acceptors (Lipinski definition) is 2. The van der Waals surface area contributed by atoms with Gasteiger partial charge in [-0.05, 0) is 36.2 Å². The molecule has 2 N–H and O–H groups in total. The molecule has 0 aliphatic rings. The highest BCUT2D eigenvalue weighted by molar-refractivity contribution is 9.10. The van der Waals surface area contributed by atoms with E-state index in [0.717, 1.165) is 4.47 Å². The number of nitrogens with two attached hydrogens (primary N) is 1. The highest BCUT2D eigenvalue weighted by Crippen LogP contribution is 2.26. The van der Waals surface area contributed by atoms with Crippen LogP contribution in [0.2, 0.25) is 10.0 Å². The Kier molecular flexibility index (Phi) is 4.79.